The fraction of sp³-hybridized carbons (Fsp3) is 0.833. The quantitative estimate of drug-likeness (QED) is 0.828. The summed E-state index contributed by atoms with van der Waals surface area (Å²) in [7, 11) is 0. The lowest BCUT2D eigenvalue weighted by atomic mass is 9.92. The molecule has 132 valence electrons. The molecule has 0 bridgehead atoms. The first-order valence-corrected chi connectivity index (χ1v) is 9.48. The lowest BCUT2D eigenvalue weighted by Crippen LogP contribution is -2.39. The fourth-order valence-corrected chi connectivity index (χ4v) is 3.84. The molecule has 24 heavy (non-hydrogen) atoms. The summed E-state index contributed by atoms with van der Waals surface area (Å²) < 4.78 is 10.8. The van der Waals surface area contributed by atoms with Crippen molar-refractivity contribution in [2.45, 2.75) is 57.3 Å². The van der Waals surface area contributed by atoms with E-state index >= 15 is 0 Å². The molecule has 1 aromatic heterocycles. The molecule has 1 saturated carbocycles. The Balaban J connectivity index is 1.21. The van der Waals surface area contributed by atoms with Gasteiger partial charge in [-0.25, -0.2) is 0 Å². The molecular formula is C18H27N3O3. The molecule has 3 aliphatic rings. The Bertz CT molecular complexity index is 556. The highest BCUT2D eigenvalue weighted by Crippen LogP contribution is 2.33. The van der Waals surface area contributed by atoms with Crippen molar-refractivity contribution in [2.75, 3.05) is 26.3 Å². The maximum absolute atomic E-state index is 12.1. The highest BCUT2D eigenvalue weighted by atomic mass is 16.5. The number of hydrogen-bond donors (Lipinski definition) is 0. The molecule has 3 heterocycles. The van der Waals surface area contributed by atoms with E-state index in [1.165, 1.54) is 0 Å². The van der Waals surface area contributed by atoms with E-state index in [4.69, 9.17) is 9.26 Å². The molecule has 0 spiro atoms. The molecule has 0 atom stereocenters. The Labute approximate surface area is 142 Å². The summed E-state index contributed by atoms with van der Waals surface area (Å²) in [5, 5.41) is 4.16. The summed E-state index contributed by atoms with van der Waals surface area (Å²) in [6.45, 7) is 3.44. The zero-order chi connectivity index (χ0) is 16.4. The van der Waals surface area contributed by atoms with Gasteiger partial charge in [0.15, 0.2) is 5.82 Å². The number of carbonyl (C=O) groups is 1. The van der Waals surface area contributed by atoms with Crippen LogP contribution in [0.3, 0.4) is 0 Å². The third-order valence-corrected chi connectivity index (χ3v) is 5.68. The fourth-order valence-electron chi connectivity index (χ4n) is 3.84. The second kappa shape index (κ2) is 7.21. The number of likely N-dealkylation sites (tertiary alicyclic amines) is 1. The van der Waals surface area contributed by atoms with Crippen LogP contribution >= 0.6 is 0 Å². The summed E-state index contributed by atoms with van der Waals surface area (Å²) in [6.07, 6.45) is 8.38. The molecule has 0 unspecified atom stereocenters. The van der Waals surface area contributed by atoms with Crippen LogP contribution in [-0.4, -0.2) is 47.3 Å². The van der Waals surface area contributed by atoms with E-state index in [1.807, 2.05) is 0 Å². The van der Waals surface area contributed by atoms with Crippen LogP contribution in [0.5, 0.6) is 0 Å². The minimum absolute atomic E-state index is 0.351. The normalized spacial score (nSPS) is 23.6. The zero-order valence-corrected chi connectivity index (χ0v) is 14.3. The molecule has 3 fully saturated rings. The Morgan fingerprint density at radius 3 is 2.54 bits per heavy atom. The van der Waals surface area contributed by atoms with Crippen LogP contribution in [0.25, 0.3) is 0 Å². The lowest BCUT2D eigenvalue weighted by Gasteiger charge is -2.32. The third kappa shape index (κ3) is 3.79. The predicted octanol–water partition coefficient (Wildman–Crippen LogP) is 2.54. The van der Waals surface area contributed by atoms with Gasteiger partial charge in [-0.3, -0.25) is 4.79 Å². The number of rotatable bonds is 5. The minimum atomic E-state index is 0.351. The monoisotopic (exact) mass is 333 g/mol. The van der Waals surface area contributed by atoms with Crippen LogP contribution < -0.4 is 0 Å². The van der Waals surface area contributed by atoms with Gasteiger partial charge in [0.1, 0.15) is 0 Å². The molecule has 6 nitrogen and oxygen atoms in total. The molecule has 2 aliphatic heterocycles. The van der Waals surface area contributed by atoms with Gasteiger partial charge in [0, 0.05) is 44.6 Å². The van der Waals surface area contributed by atoms with E-state index in [-0.39, 0.29) is 0 Å². The first kappa shape index (κ1) is 16.1. The highest BCUT2D eigenvalue weighted by molar-refractivity contribution is 5.81. The van der Waals surface area contributed by atoms with Crippen LogP contribution in [0, 0.1) is 11.8 Å². The lowest BCUT2D eigenvalue weighted by molar-refractivity contribution is -0.133. The summed E-state index contributed by atoms with van der Waals surface area (Å²) in [6, 6.07) is 0. The van der Waals surface area contributed by atoms with Crippen LogP contribution in [-0.2, 0) is 16.0 Å². The Morgan fingerprint density at radius 2 is 1.83 bits per heavy atom. The number of aromatic nitrogens is 2. The Hall–Kier alpha value is -1.43. The summed E-state index contributed by atoms with van der Waals surface area (Å²) in [4.78, 5) is 18.8. The van der Waals surface area contributed by atoms with Crippen molar-refractivity contribution in [1.29, 1.82) is 0 Å². The maximum atomic E-state index is 12.1. The van der Waals surface area contributed by atoms with Crippen molar-refractivity contribution in [3.8, 4) is 0 Å². The molecule has 0 aromatic carbocycles. The average molecular weight is 333 g/mol. The van der Waals surface area contributed by atoms with Gasteiger partial charge in [-0.15, -0.1) is 0 Å². The third-order valence-electron chi connectivity index (χ3n) is 5.68. The van der Waals surface area contributed by atoms with Gasteiger partial charge in [-0.2, -0.15) is 4.98 Å². The summed E-state index contributed by atoms with van der Waals surface area (Å²) in [5.41, 5.74) is 0. The van der Waals surface area contributed by atoms with Crippen molar-refractivity contribution in [1.82, 2.24) is 15.0 Å². The van der Waals surface area contributed by atoms with E-state index in [9.17, 15) is 4.79 Å². The average Bonchev–Trinajstić information content (AvgIpc) is 3.38. The highest BCUT2D eigenvalue weighted by Gasteiger charge is 2.34. The molecule has 2 saturated heterocycles. The summed E-state index contributed by atoms with van der Waals surface area (Å²) >= 11 is 0. The minimum Gasteiger partial charge on any atom is -0.381 e. The van der Waals surface area contributed by atoms with Gasteiger partial charge >= 0.3 is 0 Å². The smallest absolute Gasteiger partial charge is 0.229 e. The maximum Gasteiger partial charge on any atom is 0.229 e. The molecular weight excluding hydrogens is 306 g/mol. The molecule has 1 aromatic rings. The topological polar surface area (TPSA) is 68.5 Å². The number of amides is 1. The van der Waals surface area contributed by atoms with Crippen molar-refractivity contribution >= 4 is 5.91 Å². The van der Waals surface area contributed by atoms with Gasteiger partial charge in [-0.05, 0) is 50.9 Å². The van der Waals surface area contributed by atoms with Gasteiger partial charge in [0.05, 0.1) is 0 Å². The molecule has 0 N–H and O–H groups in total. The summed E-state index contributed by atoms with van der Waals surface area (Å²) in [5.74, 6) is 3.43. The van der Waals surface area contributed by atoms with E-state index in [0.717, 1.165) is 89.4 Å². The van der Waals surface area contributed by atoms with Gasteiger partial charge < -0.3 is 14.2 Å². The van der Waals surface area contributed by atoms with Gasteiger partial charge in [0.25, 0.3) is 0 Å². The van der Waals surface area contributed by atoms with Crippen LogP contribution in [0.15, 0.2) is 4.52 Å². The molecule has 1 aliphatic carbocycles. The van der Waals surface area contributed by atoms with Gasteiger partial charge in [0.2, 0.25) is 11.8 Å². The number of aryl methyl sites for hydroxylation is 1. The predicted molar refractivity (Wildman–Crippen MR) is 87.4 cm³/mol. The van der Waals surface area contributed by atoms with E-state index in [1.54, 1.807) is 0 Å². The number of piperidine rings is 1. The Morgan fingerprint density at radius 1 is 1.08 bits per heavy atom. The SMILES string of the molecule is O=C(C1CC1)N1CCC(CCc2noc(C3CCOCC3)n2)CC1. The first-order valence-electron chi connectivity index (χ1n) is 9.48. The van der Waals surface area contributed by atoms with E-state index in [2.05, 4.69) is 15.0 Å². The van der Waals surface area contributed by atoms with Crippen LogP contribution in [0.4, 0.5) is 0 Å². The molecule has 0 radical (unpaired) electrons. The standard InChI is InChI=1S/C18H27N3O3/c22-18(15-2-3-15)21-9-5-13(6-10-21)1-4-16-19-17(24-20-16)14-7-11-23-12-8-14/h13-15H,1-12H2. The van der Waals surface area contributed by atoms with Crippen LogP contribution in [0.1, 0.15) is 62.6 Å². The van der Waals surface area contributed by atoms with Crippen LogP contribution in [0.2, 0.25) is 0 Å². The molecule has 4 rings (SSSR count). The second-order valence-electron chi connectivity index (χ2n) is 7.52. The molecule has 1 amide bonds. The number of ether oxygens (including phenoxy) is 1. The number of nitrogens with zero attached hydrogens (tertiary/aromatic N) is 3. The van der Waals surface area contributed by atoms with Crippen molar-refractivity contribution in [3.05, 3.63) is 11.7 Å². The zero-order valence-electron chi connectivity index (χ0n) is 14.3. The van der Waals surface area contributed by atoms with Crippen molar-refractivity contribution in [2.24, 2.45) is 11.8 Å². The van der Waals surface area contributed by atoms with E-state index in [0.29, 0.717) is 23.7 Å². The second-order valence-corrected chi connectivity index (χ2v) is 7.52. The van der Waals surface area contributed by atoms with Gasteiger partial charge in [-0.1, -0.05) is 5.16 Å². The first-order chi connectivity index (χ1) is 11.8. The van der Waals surface area contributed by atoms with Crippen molar-refractivity contribution < 1.29 is 14.1 Å². The number of carbonyl (C=O) groups excluding carboxylic acids is 1. The Kier molecular flexibility index (Phi) is 4.83. The molecule has 6 heteroatoms. The largest absolute Gasteiger partial charge is 0.381 e. The van der Waals surface area contributed by atoms with E-state index < -0.39 is 0 Å². The number of hydrogen-bond acceptors (Lipinski definition) is 5. The van der Waals surface area contributed by atoms with Crippen molar-refractivity contribution in [3.63, 3.8) is 0 Å².